The van der Waals surface area contributed by atoms with Gasteiger partial charge in [0, 0.05) is 21.2 Å². The van der Waals surface area contributed by atoms with Crippen molar-refractivity contribution in [2.45, 2.75) is 4.90 Å². The first-order valence-corrected chi connectivity index (χ1v) is 6.61. The summed E-state index contributed by atoms with van der Waals surface area (Å²) in [6, 6.07) is 13.8. The lowest BCUT2D eigenvalue weighted by Gasteiger charge is -2.05. The van der Waals surface area contributed by atoms with Crippen LogP contribution in [0.4, 0.5) is 5.69 Å². The van der Waals surface area contributed by atoms with Crippen LogP contribution in [-0.4, -0.2) is 5.91 Å². The first-order valence-electron chi connectivity index (χ1n) is 5.42. The second kappa shape index (κ2) is 6.28. The van der Waals surface area contributed by atoms with Crippen LogP contribution < -0.4 is 5.32 Å². The molecule has 0 heterocycles. The van der Waals surface area contributed by atoms with Crippen LogP contribution in [0.1, 0.15) is 10.4 Å². The molecule has 1 amide bonds. The van der Waals surface area contributed by atoms with E-state index >= 15 is 0 Å². The number of thioether (sulfide) groups is 1. The van der Waals surface area contributed by atoms with Crippen LogP contribution in [0.15, 0.2) is 53.4 Å². The van der Waals surface area contributed by atoms with E-state index in [0.717, 1.165) is 16.7 Å². The van der Waals surface area contributed by atoms with Crippen molar-refractivity contribution in [3.8, 4) is 5.40 Å². The number of thiocyanates is 1. The van der Waals surface area contributed by atoms with Crippen molar-refractivity contribution in [1.82, 2.24) is 0 Å². The molecule has 0 fully saturated rings. The number of anilines is 1. The third-order valence-corrected chi connectivity index (χ3v) is 3.20. The fourth-order valence-corrected chi connectivity index (χ4v) is 2.06. The van der Waals surface area contributed by atoms with E-state index in [4.69, 9.17) is 16.9 Å². The van der Waals surface area contributed by atoms with Gasteiger partial charge >= 0.3 is 0 Å². The minimum atomic E-state index is -0.219. The molecule has 0 aliphatic heterocycles. The molecule has 2 aromatic carbocycles. The fraction of sp³-hybridized carbons (Fsp3) is 0. The van der Waals surface area contributed by atoms with E-state index in [9.17, 15) is 4.79 Å². The molecule has 0 aromatic heterocycles. The van der Waals surface area contributed by atoms with Crippen LogP contribution in [0.25, 0.3) is 0 Å². The Balaban J connectivity index is 2.09. The highest BCUT2D eigenvalue weighted by molar-refractivity contribution is 8.03. The number of carbonyl (C=O) groups excluding carboxylic acids is 1. The van der Waals surface area contributed by atoms with Crippen LogP contribution in [0.2, 0.25) is 5.02 Å². The SMILES string of the molecule is N#CSc1ccc(NC(=O)c2cccc(Cl)c2)cc1. The molecular formula is C14H9ClN2OS. The predicted octanol–water partition coefficient (Wildman–Crippen LogP) is 4.17. The summed E-state index contributed by atoms with van der Waals surface area (Å²) < 4.78 is 0. The smallest absolute Gasteiger partial charge is 0.255 e. The van der Waals surface area contributed by atoms with Crippen molar-refractivity contribution >= 4 is 35.0 Å². The molecule has 0 saturated carbocycles. The number of benzene rings is 2. The van der Waals surface area contributed by atoms with E-state index in [2.05, 4.69) is 5.32 Å². The second-order valence-electron chi connectivity index (χ2n) is 3.68. The largest absolute Gasteiger partial charge is 0.322 e. The summed E-state index contributed by atoms with van der Waals surface area (Å²) in [5, 5.41) is 13.8. The topological polar surface area (TPSA) is 52.9 Å². The molecule has 3 nitrogen and oxygen atoms in total. The van der Waals surface area contributed by atoms with Crippen molar-refractivity contribution < 1.29 is 4.79 Å². The number of nitrogens with zero attached hydrogens (tertiary/aromatic N) is 1. The van der Waals surface area contributed by atoms with Gasteiger partial charge in [-0.25, -0.2) is 0 Å². The van der Waals surface area contributed by atoms with Gasteiger partial charge in [-0.05, 0) is 54.2 Å². The third-order valence-electron chi connectivity index (χ3n) is 2.36. The number of amides is 1. The number of halogens is 1. The summed E-state index contributed by atoms with van der Waals surface area (Å²) >= 11 is 6.91. The number of hydrogen-bond acceptors (Lipinski definition) is 3. The zero-order chi connectivity index (χ0) is 13.7. The molecular weight excluding hydrogens is 280 g/mol. The van der Waals surface area contributed by atoms with Gasteiger partial charge in [0.25, 0.3) is 5.91 Å². The lowest BCUT2D eigenvalue weighted by atomic mass is 10.2. The van der Waals surface area contributed by atoms with Crippen molar-refractivity contribution in [3.63, 3.8) is 0 Å². The van der Waals surface area contributed by atoms with Gasteiger partial charge in [0.05, 0.1) is 0 Å². The maximum Gasteiger partial charge on any atom is 0.255 e. The Labute approximate surface area is 120 Å². The minimum absolute atomic E-state index is 0.219. The van der Waals surface area contributed by atoms with E-state index in [0.29, 0.717) is 16.3 Å². The molecule has 1 N–H and O–H groups in total. The average molecular weight is 289 g/mol. The Morgan fingerprint density at radius 1 is 1.21 bits per heavy atom. The molecule has 94 valence electrons. The zero-order valence-corrected chi connectivity index (χ0v) is 11.3. The second-order valence-corrected chi connectivity index (χ2v) is 4.98. The van der Waals surface area contributed by atoms with E-state index in [1.54, 1.807) is 48.5 Å². The van der Waals surface area contributed by atoms with E-state index in [1.807, 2.05) is 5.40 Å². The Kier molecular flexibility index (Phi) is 4.45. The Morgan fingerprint density at radius 2 is 1.95 bits per heavy atom. The summed E-state index contributed by atoms with van der Waals surface area (Å²) in [6.45, 7) is 0. The summed E-state index contributed by atoms with van der Waals surface area (Å²) in [5.41, 5.74) is 1.18. The maximum atomic E-state index is 11.9. The highest BCUT2D eigenvalue weighted by Crippen LogP contribution is 2.19. The number of nitrogens with one attached hydrogen (secondary N) is 1. The molecule has 0 aliphatic rings. The van der Waals surface area contributed by atoms with Gasteiger partial charge in [0.1, 0.15) is 5.40 Å². The van der Waals surface area contributed by atoms with E-state index < -0.39 is 0 Å². The molecule has 0 bridgehead atoms. The predicted molar refractivity (Wildman–Crippen MR) is 77.3 cm³/mol. The van der Waals surface area contributed by atoms with Crippen LogP contribution in [0.3, 0.4) is 0 Å². The molecule has 19 heavy (non-hydrogen) atoms. The van der Waals surface area contributed by atoms with Crippen LogP contribution in [-0.2, 0) is 0 Å². The average Bonchev–Trinajstić information content (AvgIpc) is 2.41. The first-order chi connectivity index (χ1) is 9.19. The van der Waals surface area contributed by atoms with Gasteiger partial charge in [-0.1, -0.05) is 17.7 Å². The number of rotatable bonds is 3. The Hall–Kier alpha value is -1.96. The normalized spacial score (nSPS) is 9.68. The van der Waals surface area contributed by atoms with Crippen LogP contribution in [0, 0.1) is 10.7 Å². The monoisotopic (exact) mass is 288 g/mol. The number of hydrogen-bond donors (Lipinski definition) is 1. The quantitative estimate of drug-likeness (QED) is 0.681. The lowest BCUT2D eigenvalue weighted by Crippen LogP contribution is -2.11. The Bertz CT molecular complexity index is 635. The first kappa shape index (κ1) is 13.5. The summed E-state index contributed by atoms with van der Waals surface area (Å²) in [4.78, 5) is 12.8. The van der Waals surface area contributed by atoms with Gasteiger partial charge in [-0.3, -0.25) is 4.79 Å². The molecule has 0 radical (unpaired) electrons. The lowest BCUT2D eigenvalue weighted by molar-refractivity contribution is 0.102. The van der Waals surface area contributed by atoms with Crippen molar-refractivity contribution in [1.29, 1.82) is 5.26 Å². The van der Waals surface area contributed by atoms with Gasteiger partial charge < -0.3 is 5.32 Å². The highest BCUT2D eigenvalue weighted by Gasteiger charge is 2.06. The molecule has 0 unspecified atom stereocenters. The highest BCUT2D eigenvalue weighted by atomic mass is 35.5. The molecule has 0 saturated heterocycles. The molecule has 0 aliphatic carbocycles. The molecule has 0 spiro atoms. The van der Waals surface area contributed by atoms with Gasteiger partial charge in [-0.15, -0.1) is 0 Å². The van der Waals surface area contributed by atoms with Crippen molar-refractivity contribution in [2.75, 3.05) is 5.32 Å². The number of nitriles is 1. The van der Waals surface area contributed by atoms with Gasteiger partial charge in [0.15, 0.2) is 0 Å². The van der Waals surface area contributed by atoms with E-state index in [-0.39, 0.29) is 5.91 Å². The van der Waals surface area contributed by atoms with Crippen LogP contribution >= 0.6 is 23.4 Å². The molecule has 0 atom stereocenters. The molecule has 5 heteroatoms. The zero-order valence-electron chi connectivity index (χ0n) is 9.76. The number of carbonyl (C=O) groups is 1. The van der Waals surface area contributed by atoms with Crippen LogP contribution in [0.5, 0.6) is 0 Å². The maximum absolute atomic E-state index is 11.9. The van der Waals surface area contributed by atoms with Crippen molar-refractivity contribution in [2.24, 2.45) is 0 Å². The summed E-state index contributed by atoms with van der Waals surface area (Å²) in [7, 11) is 0. The summed E-state index contributed by atoms with van der Waals surface area (Å²) in [6.07, 6.45) is 0. The molecule has 2 aromatic rings. The third kappa shape index (κ3) is 3.75. The van der Waals surface area contributed by atoms with E-state index in [1.165, 1.54) is 0 Å². The minimum Gasteiger partial charge on any atom is -0.322 e. The van der Waals surface area contributed by atoms with Gasteiger partial charge in [0.2, 0.25) is 0 Å². The molecule has 2 rings (SSSR count). The Morgan fingerprint density at radius 3 is 2.58 bits per heavy atom. The fourth-order valence-electron chi connectivity index (χ4n) is 1.49. The van der Waals surface area contributed by atoms with Crippen molar-refractivity contribution in [3.05, 3.63) is 59.1 Å². The van der Waals surface area contributed by atoms with Gasteiger partial charge in [-0.2, -0.15) is 5.26 Å². The summed E-state index contributed by atoms with van der Waals surface area (Å²) in [5.74, 6) is -0.219. The standard InChI is InChI=1S/C14H9ClN2OS/c15-11-3-1-2-10(8-11)14(18)17-12-4-6-13(7-5-12)19-9-16/h1-8H,(H,17,18).